The van der Waals surface area contributed by atoms with Crippen LogP contribution in [-0.4, -0.2) is 14.8 Å². The van der Waals surface area contributed by atoms with Gasteiger partial charge in [-0.25, -0.2) is 0 Å². The summed E-state index contributed by atoms with van der Waals surface area (Å²) >= 11 is 3.61. The lowest BCUT2D eigenvalue weighted by Gasteiger charge is -2.09. The van der Waals surface area contributed by atoms with E-state index in [1.54, 1.807) is 0 Å². The summed E-state index contributed by atoms with van der Waals surface area (Å²) in [6.45, 7) is 8.73. The lowest BCUT2D eigenvalue weighted by Crippen LogP contribution is -2.17. The van der Waals surface area contributed by atoms with Crippen molar-refractivity contribution in [3.05, 3.63) is 45.4 Å². The zero-order valence-corrected chi connectivity index (χ0v) is 13.2. The topological polar surface area (TPSA) is 42.7 Å². The molecule has 4 nitrogen and oxygen atoms in total. The second-order valence-electron chi connectivity index (χ2n) is 4.57. The molecular weight excluding hydrogens is 304 g/mol. The number of nitrogens with one attached hydrogen (secondary N) is 1. The minimum Gasteiger partial charge on any atom is -0.307 e. The average Bonchev–Trinajstić information content (AvgIpc) is 2.68. The van der Waals surface area contributed by atoms with Crippen molar-refractivity contribution in [3.63, 3.8) is 0 Å². The number of pyridine rings is 1. The molecule has 102 valence electrons. The minimum absolute atomic E-state index is 0.795. The lowest BCUT2D eigenvalue weighted by atomic mass is 10.1. The van der Waals surface area contributed by atoms with Gasteiger partial charge in [-0.1, -0.05) is 0 Å². The number of aryl methyl sites for hydroxylation is 3. The zero-order valence-electron chi connectivity index (χ0n) is 11.6. The van der Waals surface area contributed by atoms with Crippen LogP contribution in [0.1, 0.15) is 29.4 Å². The molecule has 0 aliphatic rings. The van der Waals surface area contributed by atoms with Crippen LogP contribution < -0.4 is 5.32 Å². The van der Waals surface area contributed by atoms with Gasteiger partial charge in [0.1, 0.15) is 0 Å². The van der Waals surface area contributed by atoms with Crippen LogP contribution >= 0.6 is 15.9 Å². The highest BCUT2D eigenvalue weighted by molar-refractivity contribution is 9.10. The molecule has 0 atom stereocenters. The summed E-state index contributed by atoms with van der Waals surface area (Å²) in [5.41, 5.74) is 4.73. The Labute approximate surface area is 122 Å². The van der Waals surface area contributed by atoms with Gasteiger partial charge in [-0.05, 0) is 53.9 Å². The van der Waals surface area contributed by atoms with Crippen molar-refractivity contribution in [2.24, 2.45) is 0 Å². The van der Waals surface area contributed by atoms with Crippen LogP contribution in [0.2, 0.25) is 0 Å². The van der Waals surface area contributed by atoms with Gasteiger partial charge in [-0.3, -0.25) is 9.67 Å². The third-order valence-corrected chi connectivity index (χ3v) is 4.24. The zero-order chi connectivity index (χ0) is 13.8. The maximum Gasteiger partial charge on any atom is 0.0739 e. The van der Waals surface area contributed by atoms with Crippen molar-refractivity contribution >= 4 is 15.9 Å². The van der Waals surface area contributed by atoms with Gasteiger partial charge in [-0.15, -0.1) is 0 Å². The fraction of sp³-hybridized carbons (Fsp3) is 0.429. The summed E-state index contributed by atoms with van der Waals surface area (Å²) in [5, 5.41) is 7.95. The Kier molecular flexibility index (Phi) is 4.71. The molecule has 0 bridgehead atoms. The first kappa shape index (κ1) is 14.2. The Morgan fingerprint density at radius 1 is 1.32 bits per heavy atom. The Morgan fingerprint density at radius 3 is 2.79 bits per heavy atom. The van der Waals surface area contributed by atoms with Gasteiger partial charge in [0.25, 0.3) is 0 Å². The van der Waals surface area contributed by atoms with Gasteiger partial charge >= 0.3 is 0 Å². The predicted octanol–water partition coefficient (Wildman–Crippen LogP) is 2.97. The second kappa shape index (κ2) is 6.30. The molecule has 2 rings (SSSR count). The highest BCUT2D eigenvalue weighted by atomic mass is 79.9. The first-order valence-electron chi connectivity index (χ1n) is 6.45. The summed E-state index contributed by atoms with van der Waals surface area (Å²) in [7, 11) is 0. The van der Waals surface area contributed by atoms with Crippen LogP contribution in [0, 0.1) is 13.8 Å². The normalized spacial score (nSPS) is 10.9. The molecule has 1 N–H and O–H groups in total. The predicted molar refractivity (Wildman–Crippen MR) is 79.9 cm³/mol. The van der Waals surface area contributed by atoms with E-state index in [2.05, 4.69) is 45.2 Å². The third-order valence-electron chi connectivity index (χ3n) is 3.21. The molecule has 2 aromatic rings. The van der Waals surface area contributed by atoms with E-state index in [4.69, 9.17) is 0 Å². The van der Waals surface area contributed by atoms with Crippen molar-refractivity contribution in [2.75, 3.05) is 0 Å². The molecule has 0 saturated heterocycles. The van der Waals surface area contributed by atoms with E-state index in [-0.39, 0.29) is 0 Å². The van der Waals surface area contributed by atoms with E-state index in [9.17, 15) is 0 Å². The Balaban J connectivity index is 2.02. The number of aromatic nitrogens is 3. The van der Waals surface area contributed by atoms with Gasteiger partial charge in [0.15, 0.2) is 0 Å². The fourth-order valence-corrected chi connectivity index (χ4v) is 2.46. The van der Waals surface area contributed by atoms with Crippen molar-refractivity contribution in [1.29, 1.82) is 0 Å². The highest BCUT2D eigenvalue weighted by Crippen LogP contribution is 2.20. The maximum absolute atomic E-state index is 4.49. The highest BCUT2D eigenvalue weighted by Gasteiger charge is 2.11. The number of hydrogen-bond donors (Lipinski definition) is 1. The third kappa shape index (κ3) is 3.22. The molecule has 0 radical (unpaired) electrons. The van der Waals surface area contributed by atoms with E-state index in [0.29, 0.717) is 0 Å². The smallest absolute Gasteiger partial charge is 0.0739 e. The first-order chi connectivity index (χ1) is 9.13. The molecule has 0 aliphatic carbocycles. The molecule has 0 saturated carbocycles. The van der Waals surface area contributed by atoms with E-state index in [1.165, 1.54) is 16.8 Å². The molecule has 0 amide bonds. The SMILES string of the molecule is CCn1nc(C)c(Br)c1CNCc1cnccc1C. The molecule has 0 aromatic carbocycles. The van der Waals surface area contributed by atoms with Crippen LogP contribution in [0.4, 0.5) is 0 Å². The molecular formula is C14H19BrN4. The summed E-state index contributed by atoms with van der Waals surface area (Å²) in [6, 6.07) is 2.04. The summed E-state index contributed by atoms with van der Waals surface area (Å²) < 4.78 is 3.13. The molecule has 2 heterocycles. The Morgan fingerprint density at radius 2 is 2.11 bits per heavy atom. The largest absolute Gasteiger partial charge is 0.307 e. The van der Waals surface area contributed by atoms with Crippen molar-refractivity contribution in [3.8, 4) is 0 Å². The molecule has 0 spiro atoms. The van der Waals surface area contributed by atoms with Crippen LogP contribution in [0.5, 0.6) is 0 Å². The Hall–Kier alpha value is -1.20. The lowest BCUT2D eigenvalue weighted by molar-refractivity contribution is 0.577. The van der Waals surface area contributed by atoms with E-state index in [1.807, 2.05) is 30.1 Å². The van der Waals surface area contributed by atoms with Gasteiger partial charge in [0, 0.05) is 32.0 Å². The molecule has 0 unspecified atom stereocenters. The van der Waals surface area contributed by atoms with Crippen LogP contribution in [0.3, 0.4) is 0 Å². The number of rotatable bonds is 5. The van der Waals surface area contributed by atoms with Gasteiger partial charge in [0.2, 0.25) is 0 Å². The molecule has 19 heavy (non-hydrogen) atoms. The van der Waals surface area contributed by atoms with E-state index < -0.39 is 0 Å². The molecule has 5 heteroatoms. The number of nitrogens with zero attached hydrogens (tertiary/aromatic N) is 3. The van der Waals surface area contributed by atoms with Crippen molar-refractivity contribution in [2.45, 2.75) is 40.4 Å². The molecule has 2 aromatic heterocycles. The molecule has 0 fully saturated rings. The van der Waals surface area contributed by atoms with E-state index in [0.717, 1.165) is 29.8 Å². The number of hydrogen-bond acceptors (Lipinski definition) is 3. The maximum atomic E-state index is 4.49. The van der Waals surface area contributed by atoms with Gasteiger partial charge in [-0.2, -0.15) is 5.10 Å². The standard InChI is InChI=1S/C14H19BrN4/c1-4-19-13(14(15)11(3)18-19)9-17-8-12-7-16-6-5-10(12)2/h5-7,17H,4,8-9H2,1-3H3. The quantitative estimate of drug-likeness (QED) is 0.920. The first-order valence-corrected chi connectivity index (χ1v) is 7.24. The monoisotopic (exact) mass is 322 g/mol. The number of halogens is 1. The van der Waals surface area contributed by atoms with Gasteiger partial charge in [0.05, 0.1) is 15.9 Å². The minimum atomic E-state index is 0.795. The summed E-state index contributed by atoms with van der Waals surface area (Å²) in [4.78, 5) is 4.16. The summed E-state index contributed by atoms with van der Waals surface area (Å²) in [6.07, 6.45) is 3.74. The van der Waals surface area contributed by atoms with E-state index >= 15 is 0 Å². The van der Waals surface area contributed by atoms with Crippen LogP contribution in [-0.2, 0) is 19.6 Å². The van der Waals surface area contributed by atoms with Crippen LogP contribution in [0.15, 0.2) is 22.9 Å². The van der Waals surface area contributed by atoms with Gasteiger partial charge < -0.3 is 5.32 Å². The average molecular weight is 323 g/mol. The summed E-state index contributed by atoms with van der Waals surface area (Å²) in [5.74, 6) is 0. The van der Waals surface area contributed by atoms with Crippen LogP contribution in [0.25, 0.3) is 0 Å². The fourth-order valence-electron chi connectivity index (χ4n) is 2.04. The van der Waals surface area contributed by atoms with Crippen molar-refractivity contribution < 1.29 is 0 Å². The second-order valence-corrected chi connectivity index (χ2v) is 5.36. The van der Waals surface area contributed by atoms with Crippen molar-refractivity contribution in [1.82, 2.24) is 20.1 Å². The molecule has 0 aliphatic heterocycles. The Bertz CT molecular complexity index is 563.